The van der Waals surface area contributed by atoms with Gasteiger partial charge in [-0.3, -0.25) is 9.80 Å². The molecular formula is C25H32N4O4S2. The summed E-state index contributed by atoms with van der Waals surface area (Å²) in [6, 6.07) is 10.2. The van der Waals surface area contributed by atoms with Gasteiger partial charge in [0.25, 0.3) is 0 Å². The van der Waals surface area contributed by atoms with E-state index in [1.165, 1.54) is 20.5 Å². The van der Waals surface area contributed by atoms with Crippen LogP contribution in [0.1, 0.15) is 16.0 Å². The maximum absolute atomic E-state index is 11.1. The molecule has 2 N–H and O–H groups in total. The molecule has 5 rings (SSSR count). The van der Waals surface area contributed by atoms with Crippen molar-refractivity contribution in [3.8, 4) is 11.3 Å². The van der Waals surface area contributed by atoms with Gasteiger partial charge in [0.05, 0.1) is 30.2 Å². The van der Waals surface area contributed by atoms with Crippen LogP contribution in [-0.4, -0.2) is 87.0 Å². The van der Waals surface area contributed by atoms with Crippen molar-refractivity contribution in [2.75, 3.05) is 63.3 Å². The van der Waals surface area contributed by atoms with Crippen molar-refractivity contribution >= 4 is 38.3 Å². The quantitative estimate of drug-likeness (QED) is 0.464. The Kier molecular flexibility index (Phi) is 7.78. The molecule has 8 nitrogen and oxygen atoms in total. The molecule has 2 aliphatic heterocycles. The lowest BCUT2D eigenvalue weighted by molar-refractivity contribution is 0.122. The predicted octanol–water partition coefficient (Wildman–Crippen LogP) is 2.90. The van der Waals surface area contributed by atoms with Crippen LogP contribution in [0.25, 0.3) is 21.3 Å². The molecule has 3 aromatic rings. The molecule has 188 valence electrons. The molecule has 0 bridgehead atoms. The monoisotopic (exact) mass is 516 g/mol. The second-order valence-corrected chi connectivity index (χ2v) is 11.2. The number of nitrogens with zero attached hydrogens (tertiary/aromatic N) is 4. The number of benzene rings is 1. The van der Waals surface area contributed by atoms with Crippen LogP contribution in [0.3, 0.4) is 0 Å². The number of fused-ring (bicyclic) bond motifs is 1. The first-order valence-corrected chi connectivity index (χ1v) is 14.1. The lowest BCUT2D eigenvalue weighted by Crippen LogP contribution is -2.46. The molecule has 0 spiro atoms. The van der Waals surface area contributed by atoms with Crippen LogP contribution in [-0.2, 0) is 29.0 Å². The number of hydrogen-bond donors (Lipinski definition) is 2. The lowest BCUT2D eigenvalue weighted by atomic mass is 10.0. The zero-order chi connectivity index (χ0) is 24.4. The summed E-state index contributed by atoms with van der Waals surface area (Å²) < 4.78 is 27.1. The summed E-state index contributed by atoms with van der Waals surface area (Å²) in [4.78, 5) is 13.3. The van der Waals surface area contributed by atoms with Gasteiger partial charge in [-0.2, -0.15) is 0 Å². The Balaban J connectivity index is 1.48. The summed E-state index contributed by atoms with van der Waals surface area (Å²) in [5.41, 5.74) is 4.11. The lowest BCUT2D eigenvalue weighted by Gasteiger charge is -2.33. The van der Waals surface area contributed by atoms with Gasteiger partial charge in [-0.25, -0.2) is 9.19 Å². The number of rotatable bonds is 7. The molecular weight excluding hydrogens is 484 g/mol. The summed E-state index contributed by atoms with van der Waals surface area (Å²) >= 11 is 0.0547. The fourth-order valence-corrected chi connectivity index (χ4v) is 6.72. The molecule has 1 unspecified atom stereocenters. The number of anilines is 1. The molecule has 1 atom stereocenters. The molecule has 2 fully saturated rings. The highest BCUT2D eigenvalue weighted by Gasteiger charge is 2.24. The zero-order valence-electron chi connectivity index (χ0n) is 20.0. The van der Waals surface area contributed by atoms with Crippen LogP contribution in [0, 0.1) is 6.92 Å². The Morgan fingerprint density at radius 2 is 1.83 bits per heavy atom. The number of aromatic nitrogens is 1. The Bertz CT molecular complexity index is 1200. The molecule has 0 aliphatic carbocycles. The van der Waals surface area contributed by atoms with Crippen LogP contribution in [0.15, 0.2) is 30.3 Å². The fourth-order valence-electron chi connectivity index (χ4n) is 4.80. The Labute approximate surface area is 212 Å². The molecule has 35 heavy (non-hydrogen) atoms. The van der Waals surface area contributed by atoms with Crippen LogP contribution >= 0.6 is 11.3 Å². The van der Waals surface area contributed by atoms with Crippen LogP contribution in [0.4, 0.5) is 5.82 Å². The maximum atomic E-state index is 11.1. The molecule has 2 aliphatic rings. The summed E-state index contributed by atoms with van der Waals surface area (Å²) in [5.74, 6) is 1.25. The normalized spacial score (nSPS) is 18.9. The van der Waals surface area contributed by atoms with Crippen molar-refractivity contribution in [2.45, 2.75) is 20.1 Å². The summed E-state index contributed by atoms with van der Waals surface area (Å²) in [6.45, 7) is 9.53. The van der Waals surface area contributed by atoms with Gasteiger partial charge >= 0.3 is 0 Å². The number of aryl methyl sites for hydroxylation is 1. The van der Waals surface area contributed by atoms with Gasteiger partial charge in [-0.15, -0.1) is 11.3 Å². The standard InChI is InChI=1S/C25H32N4O4S2/c1-18-21-14-22(20-4-2-3-19(13-20)16-30)26-25(29-9-11-33-12-10-29)24(21)34-23(18)15-27-5-7-28(8-6-27)17-35(31)32/h2-4,13-14,30H,5-12,15-17H2,1H3,(H,31,32). The number of ether oxygens (including phenoxy) is 1. The van der Waals surface area contributed by atoms with E-state index < -0.39 is 11.1 Å². The second-order valence-electron chi connectivity index (χ2n) is 9.16. The number of hydrogen-bond acceptors (Lipinski definition) is 8. The van der Waals surface area contributed by atoms with Gasteiger partial charge in [0.2, 0.25) is 0 Å². The van der Waals surface area contributed by atoms with Gasteiger partial charge in [0, 0.05) is 61.6 Å². The minimum Gasteiger partial charge on any atom is -0.392 e. The van der Waals surface area contributed by atoms with Crippen LogP contribution in [0.5, 0.6) is 0 Å². The fraction of sp³-hybridized carbons (Fsp3) is 0.480. The number of thiophene rings is 1. The number of piperazine rings is 1. The third-order valence-corrected chi connectivity index (χ3v) is 8.72. The SMILES string of the molecule is Cc1c(CN2CCN(CS(=O)O)CC2)sc2c(N3CCOCC3)nc(-c3cccc(CO)c3)cc12. The van der Waals surface area contributed by atoms with Gasteiger partial charge in [-0.05, 0) is 30.2 Å². The minimum absolute atomic E-state index is 0.00943. The highest BCUT2D eigenvalue weighted by atomic mass is 32.2. The first kappa shape index (κ1) is 24.8. The molecule has 0 radical (unpaired) electrons. The minimum atomic E-state index is -1.78. The maximum Gasteiger partial charge on any atom is 0.167 e. The molecule has 0 amide bonds. The van der Waals surface area contributed by atoms with E-state index in [2.05, 4.69) is 33.8 Å². The van der Waals surface area contributed by atoms with Gasteiger partial charge in [0.1, 0.15) is 11.7 Å². The Morgan fingerprint density at radius 3 is 2.54 bits per heavy atom. The summed E-state index contributed by atoms with van der Waals surface area (Å²) in [7, 11) is 0. The smallest absolute Gasteiger partial charge is 0.167 e. The van der Waals surface area contributed by atoms with Crippen molar-refractivity contribution in [3.63, 3.8) is 0 Å². The molecule has 10 heteroatoms. The van der Waals surface area contributed by atoms with E-state index >= 15 is 0 Å². The van der Waals surface area contributed by atoms with E-state index in [-0.39, 0.29) is 12.5 Å². The largest absolute Gasteiger partial charge is 0.392 e. The van der Waals surface area contributed by atoms with E-state index in [4.69, 9.17) is 9.72 Å². The number of pyridine rings is 1. The predicted molar refractivity (Wildman–Crippen MR) is 141 cm³/mol. The average Bonchev–Trinajstić information content (AvgIpc) is 3.20. The first-order valence-electron chi connectivity index (χ1n) is 12.0. The van der Waals surface area contributed by atoms with Crippen molar-refractivity contribution < 1.29 is 18.6 Å². The van der Waals surface area contributed by atoms with E-state index in [0.717, 1.165) is 68.5 Å². The highest BCUT2D eigenvalue weighted by molar-refractivity contribution is 7.79. The summed E-state index contributed by atoms with van der Waals surface area (Å²) in [6.07, 6.45) is 0. The van der Waals surface area contributed by atoms with Crippen LogP contribution < -0.4 is 4.90 Å². The molecule has 0 saturated carbocycles. The second kappa shape index (κ2) is 11.0. The summed E-state index contributed by atoms with van der Waals surface area (Å²) in [5, 5.41) is 10.9. The van der Waals surface area contributed by atoms with Crippen LogP contribution in [0.2, 0.25) is 0 Å². The molecule has 2 saturated heterocycles. The van der Waals surface area contributed by atoms with Gasteiger partial charge < -0.3 is 19.3 Å². The average molecular weight is 517 g/mol. The van der Waals surface area contributed by atoms with Crippen molar-refractivity contribution in [1.29, 1.82) is 0 Å². The molecule has 4 heterocycles. The van der Waals surface area contributed by atoms with E-state index in [0.29, 0.717) is 13.2 Å². The van der Waals surface area contributed by atoms with Gasteiger partial charge in [0.15, 0.2) is 11.1 Å². The van der Waals surface area contributed by atoms with E-state index in [9.17, 15) is 13.9 Å². The topological polar surface area (TPSA) is 89.4 Å². The van der Waals surface area contributed by atoms with Crippen molar-refractivity contribution in [1.82, 2.24) is 14.8 Å². The highest BCUT2D eigenvalue weighted by Crippen LogP contribution is 2.40. The molecule has 2 aromatic heterocycles. The molecule has 1 aromatic carbocycles. The number of morpholine rings is 1. The third-order valence-electron chi connectivity index (χ3n) is 6.84. The van der Waals surface area contributed by atoms with Gasteiger partial charge in [-0.1, -0.05) is 18.2 Å². The number of aliphatic hydroxyl groups is 1. The van der Waals surface area contributed by atoms with Crippen molar-refractivity contribution in [3.05, 3.63) is 46.3 Å². The Morgan fingerprint density at radius 1 is 1.09 bits per heavy atom. The van der Waals surface area contributed by atoms with E-state index in [1.54, 1.807) is 0 Å². The van der Waals surface area contributed by atoms with E-state index in [1.807, 2.05) is 29.5 Å². The number of aliphatic hydroxyl groups excluding tert-OH is 1. The third kappa shape index (κ3) is 5.59. The Hall–Kier alpha value is -1.92. The zero-order valence-corrected chi connectivity index (χ0v) is 21.6. The van der Waals surface area contributed by atoms with Crippen molar-refractivity contribution in [2.24, 2.45) is 0 Å². The first-order chi connectivity index (χ1) is 17.0.